The van der Waals surface area contributed by atoms with E-state index in [2.05, 4.69) is 10.1 Å². The summed E-state index contributed by atoms with van der Waals surface area (Å²) in [5, 5.41) is 14.1. The number of nitrogens with two attached hydrogens (primary N) is 1. The second-order valence-corrected chi connectivity index (χ2v) is 12.2. The van der Waals surface area contributed by atoms with E-state index in [9.17, 15) is 40.0 Å². The number of benzene rings is 2. The second kappa shape index (κ2) is 14.1. The average molecular weight is 651 g/mol. The van der Waals surface area contributed by atoms with Gasteiger partial charge in [0.15, 0.2) is 0 Å². The molecule has 0 bridgehead atoms. The van der Waals surface area contributed by atoms with Gasteiger partial charge in [-0.15, -0.1) is 12.4 Å². The Bertz CT molecular complexity index is 1230. The van der Waals surface area contributed by atoms with Gasteiger partial charge in [0, 0.05) is 47.9 Å². The predicted octanol–water partition coefficient (Wildman–Crippen LogP) is 5.07. The van der Waals surface area contributed by atoms with Gasteiger partial charge in [-0.05, 0) is 49.1 Å². The molecule has 0 aromatic heterocycles. The normalized spacial score (nSPS) is 22.4. The van der Waals surface area contributed by atoms with Crippen LogP contribution in [-0.4, -0.2) is 65.1 Å². The summed E-state index contributed by atoms with van der Waals surface area (Å²) in [5.74, 6) is -2.11. The molecule has 2 aromatic carbocycles. The van der Waals surface area contributed by atoms with Crippen molar-refractivity contribution in [1.82, 2.24) is 5.32 Å². The van der Waals surface area contributed by atoms with Gasteiger partial charge in [0.05, 0.1) is 18.1 Å². The van der Waals surface area contributed by atoms with Gasteiger partial charge in [-0.2, -0.15) is 26.3 Å². The molecule has 4 N–H and O–H groups in total. The molecule has 0 radical (unpaired) electrons. The molecule has 1 aliphatic rings. The molecule has 1 heterocycles. The molecule has 0 spiro atoms. The first-order valence-electron chi connectivity index (χ1n) is 12.7. The van der Waals surface area contributed by atoms with Gasteiger partial charge in [-0.25, -0.2) is 4.39 Å². The van der Waals surface area contributed by atoms with Crippen molar-refractivity contribution in [1.29, 1.82) is 0 Å². The third-order valence-corrected chi connectivity index (χ3v) is 8.72. The summed E-state index contributed by atoms with van der Waals surface area (Å²) in [5.41, 5.74) is 3.68. The van der Waals surface area contributed by atoms with E-state index in [1.165, 1.54) is 18.2 Å². The van der Waals surface area contributed by atoms with Crippen LogP contribution in [0.15, 0.2) is 36.4 Å². The summed E-state index contributed by atoms with van der Waals surface area (Å²) in [6.45, 7) is 1.39. The minimum Gasteiger partial charge on any atom is -0.476 e. The van der Waals surface area contributed by atoms with E-state index in [0.29, 0.717) is 5.56 Å². The van der Waals surface area contributed by atoms with E-state index in [-0.39, 0.29) is 48.0 Å². The quantitative estimate of drug-likeness (QED) is 0.246. The van der Waals surface area contributed by atoms with E-state index < -0.39 is 76.6 Å². The van der Waals surface area contributed by atoms with Crippen molar-refractivity contribution in [3.05, 3.63) is 58.9 Å². The Kier molecular flexibility index (Phi) is 12.1. The molecule has 3 rings (SSSR count). The molecular weight excluding hydrogens is 617 g/mol. The minimum atomic E-state index is -4.81. The molecule has 6 nitrogen and oxygen atoms in total. The van der Waals surface area contributed by atoms with Crippen molar-refractivity contribution in [3.8, 4) is 5.75 Å². The molecule has 238 valence electrons. The van der Waals surface area contributed by atoms with Crippen LogP contribution >= 0.6 is 12.4 Å². The molecule has 5 atom stereocenters. The zero-order valence-electron chi connectivity index (χ0n) is 23.0. The molecule has 1 saturated heterocycles. The summed E-state index contributed by atoms with van der Waals surface area (Å²) in [4.78, 5) is 0. The molecular formula is C27H34ClF7N2O4S. The molecule has 0 saturated carbocycles. The summed E-state index contributed by atoms with van der Waals surface area (Å²) in [6, 6.07) is 7.38. The molecule has 0 aliphatic carbocycles. The molecule has 2 aromatic rings. The van der Waals surface area contributed by atoms with E-state index >= 15 is 0 Å². The number of alkyl halides is 6. The highest BCUT2D eigenvalue weighted by Crippen LogP contribution is 2.40. The second-order valence-electron chi connectivity index (χ2n) is 10.6. The van der Waals surface area contributed by atoms with Gasteiger partial charge in [0.1, 0.15) is 17.3 Å². The maximum absolute atomic E-state index is 14.6. The number of rotatable bonds is 10. The first kappa shape index (κ1) is 36.1. The highest BCUT2D eigenvalue weighted by molar-refractivity contribution is 7.85. The van der Waals surface area contributed by atoms with Gasteiger partial charge in [0.25, 0.3) is 0 Å². The van der Waals surface area contributed by atoms with E-state index in [1.807, 2.05) is 0 Å². The number of nitrogen functional groups attached to an aromatic ring is 1. The Hall–Kier alpha value is -2.13. The Balaban J connectivity index is 0.00000616. The lowest BCUT2D eigenvalue weighted by Gasteiger charge is -2.35. The van der Waals surface area contributed by atoms with Crippen LogP contribution in [0.25, 0.3) is 0 Å². The molecule has 1 aliphatic heterocycles. The average Bonchev–Trinajstić information content (AvgIpc) is 2.86. The number of hydrogen-bond acceptors (Lipinski definition) is 6. The number of halogens is 8. The molecule has 1 fully saturated rings. The summed E-state index contributed by atoms with van der Waals surface area (Å²) in [7, 11) is -0.355. The Morgan fingerprint density at radius 3 is 2.36 bits per heavy atom. The van der Waals surface area contributed by atoms with Crippen molar-refractivity contribution in [3.63, 3.8) is 0 Å². The van der Waals surface area contributed by atoms with Gasteiger partial charge < -0.3 is 25.6 Å². The number of anilines is 1. The maximum atomic E-state index is 14.6. The lowest BCUT2D eigenvalue weighted by atomic mass is 9.83. The topological polar surface area (TPSA) is 93.8 Å². The number of hydrogen-bond donors (Lipinski definition) is 3. The predicted molar refractivity (Wildman–Crippen MR) is 148 cm³/mol. The zero-order valence-corrected chi connectivity index (χ0v) is 24.7. The number of nitrogens with one attached hydrogen (secondary N) is 1. The third-order valence-electron chi connectivity index (χ3n) is 7.19. The lowest BCUT2D eigenvalue weighted by Crippen LogP contribution is -2.53. The fourth-order valence-electron chi connectivity index (χ4n) is 4.54. The van der Waals surface area contributed by atoms with E-state index in [0.717, 1.165) is 33.1 Å². The monoisotopic (exact) mass is 650 g/mol. The Morgan fingerprint density at radius 1 is 1.10 bits per heavy atom. The van der Waals surface area contributed by atoms with Crippen LogP contribution in [0.5, 0.6) is 5.75 Å². The zero-order chi connectivity index (χ0) is 30.8. The fourth-order valence-corrected chi connectivity index (χ4v) is 6.18. The number of aliphatic hydroxyl groups is 1. The van der Waals surface area contributed by atoms with Crippen LogP contribution in [0.1, 0.15) is 30.5 Å². The van der Waals surface area contributed by atoms with Crippen molar-refractivity contribution in [2.24, 2.45) is 5.92 Å². The first-order valence-corrected chi connectivity index (χ1v) is 14.2. The standard InChI is InChI=1S/C27H33F7N2O4S.ClH/c1-25(2,27(32,33)34)18-6-4-5-15(8-18)11-36-20-14-41(38)13-17(24(20)37)7-16-9-19(28)23(35)21(10-16)40-22(12-39-3)26(29,30)31;/h4-6,8-10,17,20,22,24,36-37H,7,11-14,35H2,1-3H3;1H/t17-,20+,22-,24+,41-;/m1./s1. The molecule has 0 unspecified atom stereocenters. The maximum Gasteiger partial charge on any atom is 0.427 e. The van der Waals surface area contributed by atoms with Gasteiger partial charge in [0.2, 0.25) is 6.10 Å². The summed E-state index contributed by atoms with van der Waals surface area (Å²) in [6.07, 6.45) is -12.8. The van der Waals surface area contributed by atoms with Crippen molar-refractivity contribution < 1.29 is 49.5 Å². The van der Waals surface area contributed by atoms with Gasteiger partial charge in [-0.3, -0.25) is 4.21 Å². The largest absolute Gasteiger partial charge is 0.476 e. The van der Waals surface area contributed by atoms with Crippen LogP contribution in [0.4, 0.5) is 36.4 Å². The van der Waals surface area contributed by atoms with Crippen LogP contribution in [0.2, 0.25) is 0 Å². The SMILES string of the molecule is COC[C@@H](Oc1cc(C[C@@H]2C[S@@](=O)C[C@H](NCc3cccc(C(C)(C)C(F)(F)F)c3)[C@H]2O)cc(F)c1N)C(F)(F)F.Cl. The smallest absolute Gasteiger partial charge is 0.427 e. The van der Waals surface area contributed by atoms with Crippen molar-refractivity contribution in [2.75, 3.05) is 31.0 Å². The third kappa shape index (κ3) is 8.71. The van der Waals surface area contributed by atoms with Crippen LogP contribution in [0.3, 0.4) is 0 Å². The van der Waals surface area contributed by atoms with Gasteiger partial charge in [-0.1, -0.05) is 24.3 Å². The molecule has 42 heavy (non-hydrogen) atoms. The Labute approximate surface area is 248 Å². The van der Waals surface area contributed by atoms with Crippen LogP contribution in [-0.2, 0) is 33.9 Å². The Morgan fingerprint density at radius 2 is 1.76 bits per heavy atom. The minimum absolute atomic E-state index is 0. The number of ether oxygens (including phenoxy) is 2. The highest BCUT2D eigenvalue weighted by Gasteiger charge is 2.48. The van der Waals surface area contributed by atoms with Crippen molar-refractivity contribution >= 4 is 28.9 Å². The van der Waals surface area contributed by atoms with E-state index in [1.54, 1.807) is 6.07 Å². The number of aliphatic hydroxyl groups excluding tert-OH is 1. The van der Waals surface area contributed by atoms with Crippen molar-refractivity contribution in [2.45, 2.75) is 62.8 Å². The van der Waals surface area contributed by atoms with Gasteiger partial charge >= 0.3 is 12.4 Å². The highest BCUT2D eigenvalue weighted by atomic mass is 35.5. The summed E-state index contributed by atoms with van der Waals surface area (Å²) >= 11 is 0. The van der Waals surface area contributed by atoms with Crippen LogP contribution in [0, 0.1) is 11.7 Å². The molecule has 0 amide bonds. The number of methoxy groups -OCH3 is 1. The first-order chi connectivity index (χ1) is 18.9. The molecule has 15 heteroatoms. The summed E-state index contributed by atoms with van der Waals surface area (Å²) < 4.78 is 117. The lowest BCUT2D eigenvalue weighted by molar-refractivity contribution is -0.206. The fraction of sp³-hybridized carbons (Fsp3) is 0.556. The van der Waals surface area contributed by atoms with E-state index in [4.69, 9.17) is 10.5 Å². The van der Waals surface area contributed by atoms with Crippen LogP contribution < -0.4 is 15.8 Å².